The first kappa shape index (κ1) is 16.5. The fraction of sp³-hybridized carbons (Fsp3) is 0.938. The third-order valence-electron chi connectivity index (χ3n) is 3.68. The molecule has 0 bridgehead atoms. The molecule has 0 aromatic heterocycles. The van der Waals surface area contributed by atoms with Gasteiger partial charge in [0.2, 0.25) is 5.91 Å². The van der Waals surface area contributed by atoms with Crippen LogP contribution in [0.5, 0.6) is 0 Å². The molecular formula is C16H31NO2. The Hall–Kier alpha value is -0.570. The summed E-state index contributed by atoms with van der Waals surface area (Å²) in [7, 11) is 1.88. The number of hydrogen-bond acceptors (Lipinski definition) is 2. The molecule has 1 rings (SSSR count). The van der Waals surface area contributed by atoms with Crippen LogP contribution in [0, 0.1) is 5.41 Å². The summed E-state index contributed by atoms with van der Waals surface area (Å²) in [5.74, 6) is 0.134. The fourth-order valence-electron chi connectivity index (χ4n) is 2.14. The van der Waals surface area contributed by atoms with Gasteiger partial charge in [0.1, 0.15) is 6.61 Å². The Morgan fingerprint density at radius 3 is 2.37 bits per heavy atom. The van der Waals surface area contributed by atoms with Gasteiger partial charge in [0, 0.05) is 19.7 Å². The lowest BCUT2D eigenvalue weighted by Gasteiger charge is -2.17. The Labute approximate surface area is 118 Å². The van der Waals surface area contributed by atoms with Crippen LogP contribution in [0.15, 0.2) is 0 Å². The van der Waals surface area contributed by atoms with Gasteiger partial charge in [-0.1, -0.05) is 40.0 Å². The lowest BCUT2D eigenvalue weighted by molar-refractivity contribution is -0.135. The van der Waals surface area contributed by atoms with Gasteiger partial charge in [-0.25, -0.2) is 0 Å². The van der Waals surface area contributed by atoms with Gasteiger partial charge in [0.25, 0.3) is 0 Å². The van der Waals surface area contributed by atoms with Gasteiger partial charge in [-0.3, -0.25) is 4.79 Å². The quantitative estimate of drug-likeness (QED) is 0.598. The molecule has 19 heavy (non-hydrogen) atoms. The Kier molecular flexibility index (Phi) is 6.84. The number of nitrogens with zero attached hydrogens (tertiary/aromatic N) is 1. The van der Waals surface area contributed by atoms with Gasteiger partial charge in [0.05, 0.1) is 0 Å². The van der Waals surface area contributed by atoms with E-state index < -0.39 is 0 Å². The third-order valence-corrected chi connectivity index (χ3v) is 3.68. The highest BCUT2D eigenvalue weighted by molar-refractivity contribution is 5.77. The van der Waals surface area contributed by atoms with E-state index in [1.54, 1.807) is 0 Å². The van der Waals surface area contributed by atoms with Crippen molar-refractivity contribution in [1.29, 1.82) is 0 Å². The highest BCUT2D eigenvalue weighted by Gasteiger charge is 2.29. The number of carbonyl (C=O) groups excluding carboxylic acids is 1. The standard InChI is InChI=1S/C16H31NO2/c1-16(2,3)11-7-5-6-8-12-19-13-15(18)17(4)14-9-10-14/h14H,5-13H2,1-4H3. The molecule has 0 atom stereocenters. The molecule has 3 nitrogen and oxygen atoms in total. The van der Waals surface area contributed by atoms with Crippen LogP contribution in [0.1, 0.15) is 65.7 Å². The summed E-state index contributed by atoms with van der Waals surface area (Å²) < 4.78 is 5.45. The summed E-state index contributed by atoms with van der Waals surface area (Å²) in [6.45, 7) is 7.85. The highest BCUT2D eigenvalue weighted by atomic mass is 16.5. The van der Waals surface area contributed by atoms with Crippen molar-refractivity contribution in [3.8, 4) is 0 Å². The van der Waals surface area contributed by atoms with Crippen molar-refractivity contribution in [2.45, 2.75) is 71.8 Å². The molecule has 1 saturated carbocycles. The molecule has 112 valence electrons. The van der Waals surface area contributed by atoms with Crippen molar-refractivity contribution >= 4 is 5.91 Å². The van der Waals surface area contributed by atoms with Gasteiger partial charge in [-0.2, -0.15) is 0 Å². The second kappa shape index (κ2) is 7.88. The largest absolute Gasteiger partial charge is 0.372 e. The Balaban J connectivity index is 1.87. The van der Waals surface area contributed by atoms with E-state index >= 15 is 0 Å². The van der Waals surface area contributed by atoms with E-state index in [-0.39, 0.29) is 12.5 Å². The maximum atomic E-state index is 11.7. The molecule has 1 amide bonds. The molecule has 0 heterocycles. The number of amides is 1. The second-order valence-corrected chi connectivity index (χ2v) is 7.01. The van der Waals surface area contributed by atoms with Crippen LogP contribution in [0.2, 0.25) is 0 Å². The predicted octanol–water partition coefficient (Wildman–Crippen LogP) is 3.62. The maximum absolute atomic E-state index is 11.7. The molecule has 1 fully saturated rings. The molecule has 0 radical (unpaired) electrons. The Morgan fingerprint density at radius 2 is 1.79 bits per heavy atom. The maximum Gasteiger partial charge on any atom is 0.248 e. The van der Waals surface area contributed by atoms with Crippen LogP contribution in [-0.2, 0) is 9.53 Å². The lowest BCUT2D eigenvalue weighted by Crippen LogP contribution is -2.32. The number of likely N-dealkylation sites (N-methyl/N-ethyl adjacent to an activating group) is 1. The van der Waals surface area contributed by atoms with Crippen LogP contribution < -0.4 is 0 Å². The Morgan fingerprint density at radius 1 is 1.16 bits per heavy atom. The molecule has 0 saturated heterocycles. The first-order valence-electron chi connectivity index (χ1n) is 7.73. The second-order valence-electron chi connectivity index (χ2n) is 7.01. The first-order chi connectivity index (χ1) is 8.90. The molecule has 0 aromatic rings. The van der Waals surface area contributed by atoms with Gasteiger partial charge in [-0.05, 0) is 31.1 Å². The zero-order valence-electron chi connectivity index (χ0n) is 13.2. The summed E-state index contributed by atoms with van der Waals surface area (Å²) in [6, 6.07) is 0.494. The fourth-order valence-corrected chi connectivity index (χ4v) is 2.14. The Bertz CT molecular complexity index is 266. The number of ether oxygens (including phenoxy) is 1. The minimum atomic E-state index is 0.134. The monoisotopic (exact) mass is 269 g/mol. The minimum absolute atomic E-state index is 0.134. The average molecular weight is 269 g/mol. The third kappa shape index (κ3) is 8.25. The van der Waals surface area contributed by atoms with Crippen molar-refractivity contribution in [3.05, 3.63) is 0 Å². The van der Waals surface area contributed by atoms with E-state index in [2.05, 4.69) is 20.8 Å². The number of hydrogen-bond donors (Lipinski definition) is 0. The molecule has 1 aliphatic rings. The molecule has 0 aliphatic heterocycles. The van der Waals surface area contributed by atoms with Crippen LogP contribution in [0.25, 0.3) is 0 Å². The zero-order valence-corrected chi connectivity index (χ0v) is 13.2. The normalized spacial score (nSPS) is 15.6. The van der Waals surface area contributed by atoms with E-state index in [0.717, 1.165) is 25.9 Å². The summed E-state index contributed by atoms with van der Waals surface area (Å²) in [5.41, 5.74) is 0.455. The highest BCUT2D eigenvalue weighted by Crippen LogP contribution is 2.25. The summed E-state index contributed by atoms with van der Waals surface area (Å²) in [4.78, 5) is 13.5. The SMILES string of the molecule is CN(C(=O)COCCCCCCC(C)(C)C)C1CC1. The van der Waals surface area contributed by atoms with E-state index in [0.29, 0.717) is 11.5 Å². The number of rotatable bonds is 9. The van der Waals surface area contributed by atoms with Crippen molar-refractivity contribution < 1.29 is 9.53 Å². The van der Waals surface area contributed by atoms with Crippen LogP contribution in [0.3, 0.4) is 0 Å². The molecule has 3 heteroatoms. The van der Waals surface area contributed by atoms with Crippen LogP contribution in [-0.4, -0.2) is 37.1 Å². The predicted molar refractivity (Wildman–Crippen MR) is 79.2 cm³/mol. The molecule has 0 N–H and O–H groups in total. The van der Waals surface area contributed by atoms with Crippen molar-refractivity contribution in [1.82, 2.24) is 4.90 Å². The van der Waals surface area contributed by atoms with Gasteiger partial charge in [-0.15, -0.1) is 0 Å². The van der Waals surface area contributed by atoms with E-state index in [1.165, 1.54) is 25.7 Å². The zero-order chi connectivity index (χ0) is 14.3. The lowest BCUT2D eigenvalue weighted by atomic mass is 9.89. The first-order valence-corrected chi connectivity index (χ1v) is 7.73. The summed E-state index contributed by atoms with van der Waals surface area (Å²) in [5, 5.41) is 0. The molecule has 0 unspecified atom stereocenters. The van der Waals surface area contributed by atoms with Gasteiger partial charge < -0.3 is 9.64 Å². The average Bonchev–Trinajstić information content (AvgIpc) is 3.14. The summed E-state index contributed by atoms with van der Waals surface area (Å²) >= 11 is 0. The van der Waals surface area contributed by atoms with Crippen LogP contribution in [0.4, 0.5) is 0 Å². The number of carbonyl (C=O) groups is 1. The van der Waals surface area contributed by atoms with Gasteiger partial charge in [0.15, 0.2) is 0 Å². The molecule has 0 spiro atoms. The van der Waals surface area contributed by atoms with Crippen LogP contribution >= 0.6 is 0 Å². The van der Waals surface area contributed by atoms with E-state index in [4.69, 9.17) is 4.74 Å². The summed E-state index contributed by atoms with van der Waals surface area (Å²) in [6.07, 6.45) is 8.47. The van der Waals surface area contributed by atoms with Crippen molar-refractivity contribution in [2.75, 3.05) is 20.3 Å². The molecule has 1 aliphatic carbocycles. The van der Waals surface area contributed by atoms with Gasteiger partial charge >= 0.3 is 0 Å². The minimum Gasteiger partial charge on any atom is -0.372 e. The molecular weight excluding hydrogens is 238 g/mol. The van der Waals surface area contributed by atoms with E-state index in [1.807, 2.05) is 11.9 Å². The van der Waals surface area contributed by atoms with Crippen molar-refractivity contribution in [3.63, 3.8) is 0 Å². The topological polar surface area (TPSA) is 29.5 Å². The smallest absolute Gasteiger partial charge is 0.248 e. The van der Waals surface area contributed by atoms with Crippen molar-refractivity contribution in [2.24, 2.45) is 5.41 Å². The van der Waals surface area contributed by atoms with E-state index in [9.17, 15) is 4.79 Å². The molecule has 0 aromatic carbocycles. The number of unbranched alkanes of at least 4 members (excludes halogenated alkanes) is 3.